The third-order valence-corrected chi connectivity index (χ3v) is 7.02. The molecule has 2 aromatic carbocycles. The molecule has 11 heteroatoms. The van der Waals surface area contributed by atoms with Crippen molar-refractivity contribution in [3.8, 4) is 11.8 Å². The number of sulfonamides is 1. The van der Waals surface area contributed by atoms with Crippen LogP contribution >= 0.6 is 0 Å². The van der Waals surface area contributed by atoms with Gasteiger partial charge in [-0.2, -0.15) is 22.7 Å². The van der Waals surface area contributed by atoms with E-state index in [0.717, 1.165) is 10.4 Å². The second-order valence-electron chi connectivity index (χ2n) is 7.20. The van der Waals surface area contributed by atoms with E-state index in [2.05, 4.69) is 0 Å². The fourth-order valence-electron chi connectivity index (χ4n) is 3.36. The highest BCUT2D eigenvalue weighted by atomic mass is 32.2. The van der Waals surface area contributed by atoms with Crippen LogP contribution in [0.1, 0.15) is 11.1 Å². The standard InChI is InChI=1S/C20H19F3N2O5S/c21-20(22,23)15-6-7-18(14(8-15)9-24)31(28,29)25-10-16(19(27,12-25)13-26)11-30-17-4-2-1-3-5-17/h1-8,16,26-27H,10-13H2/t16-,19-/m1/s1. The number of β-amino-alcohol motifs (C(OH)–C–C–N with tert-alkyl or cyclic N) is 1. The molecule has 166 valence electrons. The van der Waals surface area contributed by atoms with Crippen molar-refractivity contribution in [2.24, 2.45) is 5.92 Å². The zero-order valence-electron chi connectivity index (χ0n) is 16.1. The summed E-state index contributed by atoms with van der Waals surface area (Å²) in [5.74, 6) is -0.328. The van der Waals surface area contributed by atoms with E-state index in [4.69, 9.17) is 4.74 Å². The Bertz CT molecular complexity index is 1090. The van der Waals surface area contributed by atoms with E-state index in [0.29, 0.717) is 17.9 Å². The van der Waals surface area contributed by atoms with Gasteiger partial charge in [-0.05, 0) is 30.3 Å². The van der Waals surface area contributed by atoms with Crippen LogP contribution in [-0.2, 0) is 16.2 Å². The Kier molecular flexibility index (Phi) is 6.29. The number of rotatable bonds is 6. The van der Waals surface area contributed by atoms with Crippen LogP contribution in [-0.4, -0.2) is 54.8 Å². The molecule has 2 aromatic rings. The van der Waals surface area contributed by atoms with Crippen LogP contribution in [0.4, 0.5) is 13.2 Å². The van der Waals surface area contributed by atoms with Crippen molar-refractivity contribution < 1.29 is 36.5 Å². The fourth-order valence-corrected chi connectivity index (χ4v) is 5.03. The number of aliphatic hydroxyl groups excluding tert-OH is 1. The summed E-state index contributed by atoms with van der Waals surface area (Å²) < 4.78 is 71.3. The second kappa shape index (κ2) is 8.47. The number of alkyl halides is 3. The number of para-hydroxylation sites is 1. The SMILES string of the molecule is N#Cc1cc(C(F)(F)F)ccc1S(=O)(=O)N1C[C@H](COc2ccccc2)[C@](O)(CO)C1. The minimum absolute atomic E-state index is 0.106. The lowest BCUT2D eigenvalue weighted by atomic mass is 9.92. The van der Waals surface area contributed by atoms with Crippen molar-refractivity contribution in [2.75, 3.05) is 26.3 Å². The summed E-state index contributed by atoms with van der Waals surface area (Å²) in [6.45, 7) is -1.61. The minimum atomic E-state index is -4.74. The van der Waals surface area contributed by atoms with Gasteiger partial charge in [-0.15, -0.1) is 0 Å². The summed E-state index contributed by atoms with van der Waals surface area (Å²) in [4.78, 5) is -0.604. The molecule has 1 heterocycles. The third-order valence-electron chi connectivity index (χ3n) is 5.15. The molecule has 0 radical (unpaired) electrons. The van der Waals surface area contributed by atoms with E-state index in [9.17, 15) is 37.1 Å². The van der Waals surface area contributed by atoms with E-state index >= 15 is 0 Å². The maximum Gasteiger partial charge on any atom is 0.416 e. The van der Waals surface area contributed by atoms with Crippen LogP contribution in [0.5, 0.6) is 5.75 Å². The van der Waals surface area contributed by atoms with Gasteiger partial charge in [0.2, 0.25) is 10.0 Å². The number of hydrogen-bond donors (Lipinski definition) is 2. The molecule has 7 nitrogen and oxygen atoms in total. The van der Waals surface area contributed by atoms with Crippen molar-refractivity contribution in [1.82, 2.24) is 4.31 Å². The molecule has 1 aliphatic rings. The molecular weight excluding hydrogens is 437 g/mol. The Labute approximate surface area is 177 Å². The first-order chi connectivity index (χ1) is 14.5. The quantitative estimate of drug-likeness (QED) is 0.688. The van der Waals surface area contributed by atoms with Crippen LogP contribution in [0.2, 0.25) is 0 Å². The molecule has 0 amide bonds. The molecule has 0 aliphatic carbocycles. The van der Waals surface area contributed by atoms with E-state index in [-0.39, 0.29) is 13.2 Å². The molecule has 1 aliphatic heterocycles. The van der Waals surface area contributed by atoms with Gasteiger partial charge in [0.15, 0.2) is 0 Å². The lowest BCUT2D eigenvalue weighted by Gasteiger charge is -2.26. The monoisotopic (exact) mass is 456 g/mol. The molecule has 0 bridgehead atoms. The van der Waals surface area contributed by atoms with E-state index in [1.165, 1.54) is 6.07 Å². The van der Waals surface area contributed by atoms with Gasteiger partial charge < -0.3 is 14.9 Å². The van der Waals surface area contributed by atoms with Gasteiger partial charge in [0.25, 0.3) is 0 Å². The molecule has 1 fully saturated rings. The summed E-state index contributed by atoms with van der Waals surface area (Å²) in [5.41, 5.74) is -3.63. The first-order valence-electron chi connectivity index (χ1n) is 9.14. The van der Waals surface area contributed by atoms with E-state index in [1.807, 2.05) is 0 Å². The number of halogens is 3. The topological polar surface area (TPSA) is 111 Å². The molecule has 0 aromatic heterocycles. The van der Waals surface area contributed by atoms with Crippen molar-refractivity contribution in [3.63, 3.8) is 0 Å². The molecule has 3 rings (SSSR count). The van der Waals surface area contributed by atoms with Crippen molar-refractivity contribution in [3.05, 3.63) is 59.7 Å². The van der Waals surface area contributed by atoms with Gasteiger partial charge >= 0.3 is 6.18 Å². The van der Waals surface area contributed by atoms with Gasteiger partial charge in [0.1, 0.15) is 17.4 Å². The predicted octanol–water partition coefficient (Wildman–Crippen LogP) is 2.00. The summed E-state index contributed by atoms with van der Waals surface area (Å²) in [7, 11) is -4.42. The van der Waals surface area contributed by atoms with Gasteiger partial charge in [-0.3, -0.25) is 0 Å². The Morgan fingerprint density at radius 3 is 2.48 bits per heavy atom. The van der Waals surface area contributed by atoms with Gasteiger partial charge in [-0.25, -0.2) is 8.42 Å². The van der Waals surface area contributed by atoms with Crippen LogP contribution in [0.3, 0.4) is 0 Å². The average Bonchev–Trinajstić information content (AvgIpc) is 3.09. The average molecular weight is 456 g/mol. The zero-order valence-corrected chi connectivity index (χ0v) is 16.9. The molecule has 1 saturated heterocycles. The highest BCUT2D eigenvalue weighted by molar-refractivity contribution is 7.89. The Balaban J connectivity index is 1.87. The van der Waals surface area contributed by atoms with E-state index < -0.39 is 56.9 Å². The highest BCUT2D eigenvalue weighted by Gasteiger charge is 2.49. The Hall–Kier alpha value is -2.65. The lowest BCUT2D eigenvalue weighted by molar-refractivity contribution is -0.137. The number of ether oxygens (including phenoxy) is 1. The van der Waals surface area contributed by atoms with E-state index in [1.54, 1.807) is 30.3 Å². The lowest BCUT2D eigenvalue weighted by Crippen LogP contribution is -2.44. The molecule has 0 spiro atoms. The second-order valence-corrected chi connectivity index (χ2v) is 9.11. The van der Waals surface area contributed by atoms with Crippen LogP contribution in [0.15, 0.2) is 53.4 Å². The number of nitriles is 1. The largest absolute Gasteiger partial charge is 0.493 e. The van der Waals surface area contributed by atoms with Gasteiger partial charge in [0, 0.05) is 19.0 Å². The summed E-state index contributed by atoms with van der Waals surface area (Å²) in [5, 5.41) is 29.6. The maximum absolute atomic E-state index is 13.1. The molecule has 2 N–H and O–H groups in total. The summed E-state index contributed by atoms with van der Waals surface area (Å²) in [6, 6.07) is 11.8. The Morgan fingerprint density at radius 1 is 1.23 bits per heavy atom. The Morgan fingerprint density at radius 2 is 1.90 bits per heavy atom. The first-order valence-corrected chi connectivity index (χ1v) is 10.6. The highest BCUT2D eigenvalue weighted by Crippen LogP contribution is 2.35. The fraction of sp³-hybridized carbons (Fsp3) is 0.350. The van der Waals surface area contributed by atoms with Gasteiger partial charge in [-0.1, -0.05) is 18.2 Å². The normalized spacial score (nSPS) is 22.3. The number of aliphatic hydroxyl groups is 2. The third kappa shape index (κ3) is 4.67. The zero-order chi connectivity index (χ0) is 22.9. The summed E-state index contributed by atoms with van der Waals surface area (Å²) in [6.07, 6.45) is -4.74. The number of benzene rings is 2. The molecule has 2 atom stereocenters. The van der Waals surface area contributed by atoms with Crippen molar-refractivity contribution >= 4 is 10.0 Å². The number of hydrogen-bond acceptors (Lipinski definition) is 6. The molecular formula is C20H19F3N2O5S. The van der Waals surface area contributed by atoms with Crippen molar-refractivity contribution in [2.45, 2.75) is 16.7 Å². The maximum atomic E-state index is 13.1. The van der Waals surface area contributed by atoms with Crippen LogP contribution in [0, 0.1) is 17.2 Å². The number of nitrogens with zero attached hydrogens (tertiary/aromatic N) is 2. The van der Waals surface area contributed by atoms with Crippen LogP contribution < -0.4 is 4.74 Å². The molecule has 31 heavy (non-hydrogen) atoms. The predicted molar refractivity (Wildman–Crippen MR) is 102 cm³/mol. The minimum Gasteiger partial charge on any atom is -0.493 e. The van der Waals surface area contributed by atoms with Gasteiger partial charge in [0.05, 0.1) is 29.2 Å². The van der Waals surface area contributed by atoms with Crippen LogP contribution in [0.25, 0.3) is 0 Å². The molecule has 0 unspecified atom stereocenters. The van der Waals surface area contributed by atoms with Crippen molar-refractivity contribution in [1.29, 1.82) is 5.26 Å². The smallest absolute Gasteiger partial charge is 0.416 e. The summed E-state index contributed by atoms with van der Waals surface area (Å²) >= 11 is 0. The molecule has 0 saturated carbocycles. The first kappa shape index (κ1) is 23.0.